The second kappa shape index (κ2) is 5.61. The zero-order valence-corrected chi connectivity index (χ0v) is 12.0. The van der Waals surface area contributed by atoms with Crippen LogP contribution in [0.3, 0.4) is 0 Å². The number of nitrogens with zero attached hydrogens (tertiary/aromatic N) is 3. The highest BCUT2D eigenvalue weighted by Crippen LogP contribution is 2.28. The summed E-state index contributed by atoms with van der Waals surface area (Å²) in [5.74, 6) is -0.473. The lowest BCUT2D eigenvalue weighted by Gasteiger charge is -2.08. The second-order valence-electron chi connectivity index (χ2n) is 4.64. The molecule has 0 fully saturated rings. The Morgan fingerprint density at radius 1 is 1.53 bits per heavy atom. The Morgan fingerprint density at radius 3 is 2.84 bits per heavy atom. The Hall–Kier alpha value is -1.56. The first kappa shape index (κ1) is 13.9. The number of hydrogen-bond acceptors (Lipinski definition) is 4. The van der Waals surface area contributed by atoms with Gasteiger partial charge in [-0.2, -0.15) is 5.10 Å². The molecule has 5 nitrogen and oxygen atoms in total. The van der Waals surface area contributed by atoms with Crippen molar-refractivity contribution in [2.75, 3.05) is 0 Å². The number of aromatic nitrogens is 3. The molecule has 0 aliphatic carbocycles. The van der Waals surface area contributed by atoms with Gasteiger partial charge in [-0.05, 0) is 18.4 Å². The predicted octanol–water partition coefficient (Wildman–Crippen LogP) is 2.81. The molecule has 1 unspecified atom stereocenters. The number of carboxylic acids is 1. The first-order valence-electron chi connectivity index (χ1n) is 6.26. The largest absolute Gasteiger partial charge is 0.480 e. The molecule has 2 heterocycles. The van der Waals surface area contributed by atoms with E-state index in [2.05, 4.69) is 23.9 Å². The van der Waals surface area contributed by atoms with Gasteiger partial charge >= 0.3 is 5.97 Å². The van der Waals surface area contributed by atoms with E-state index in [0.717, 1.165) is 16.2 Å². The minimum Gasteiger partial charge on any atom is -0.480 e. The Labute approximate surface area is 116 Å². The fourth-order valence-electron chi connectivity index (χ4n) is 1.73. The minimum atomic E-state index is -0.806. The summed E-state index contributed by atoms with van der Waals surface area (Å²) in [5.41, 5.74) is 1.86. The Morgan fingerprint density at radius 2 is 2.26 bits per heavy atom. The quantitative estimate of drug-likeness (QED) is 0.852. The number of rotatable bonds is 5. The molecule has 0 bridgehead atoms. The number of fused-ring (bicyclic) bond motifs is 1. The third-order valence-corrected chi connectivity index (χ3v) is 4.22. The first-order valence-corrected chi connectivity index (χ1v) is 7.14. The molecule has 0 amide bonds. The molecule has 19 heavy (non-hydrogen) atoms. The highest BCUT2D eigenvalue weighted by molar-refractivity contribution is 8.00. The average molecular weight is 279 g/mol. The highest BCUT2D eigenvalue weighted by atomic mass is 32.2. The number of carboxylic acid groups (broad SMARTS) is 1. The smallest absolute Gasteiger partial charge is 0.317 e. The molecular formula is C13H17N3O2S. The summed E-state index contributed by atoms with van der Waals surface area (Å²) in [5, 5.41) is 13.8. The molecule has 2 aromatic rings. The molecule has 0 saturated carbocycles. The molecule has 0 spiro atoms. The molecular weight excluding hydrogens is 262 g/mol. The van der Waals surface area contributed by atoms with Gasteiger partial charge in [0.1, 0.15) is 10.3 Å². The molecule has 102 valence electrons. The van der Waals surface area contributed by atoms with Crippen LogP contribution in [0.2, 0.25) is 0 Å². The highest BCUT2D eigenvalue weighted by Gasteiger charge is 2.19. The van der Waals surface area contributed by atoms with Gasteiger partial charge in [0.05, 0.1) is 11.2 Å². The lowest BCUT2D eigenvalue weighted by molar-refractivity contribution is -0.136. The van der Waals surface area contributed by atoms with Crippen molar-refractivity contribution in [1.82, 2.24) is 14.6 Å². The van der Waals surface area contributed by atoms with Crippen molar-refractivity contribution >= 4 is 23.2 Å². The van der Waals surface area contributed by atoms with Crippen molar-refractivity contribution in [2.45, 2.75) is 43.4 Å². The summed E-state index contributed by atoms with van der Waals surface area (Å²) >= 11 is 1.28. The van der Waals surface area contributed by atoms with Crippen LogP contribution in [0.15, 0.2) is 23.5 Å². The van der Waals surface area contributed by atoms with Gasteiger partial charge in [-0.25, -0.2) is 9.50 Å². The van der Waals surface area contributed by atoms with E-state index in [4.69, 9.17) is 5.11 Å². The van der Waals surface area contributed by atoms with Crippen LogP contribution in [0, 0.1) is 0 Å². The van der Waals surface area contributed by atoms with Crippen molar-refractivity contribution in [3.05, 3.63) is 24.2 Å². The SMILES string of the molecule is CCC(Sc1nccn2nc(C(C)C)cc12)C(=O)O. The van der Waals surface area contributed by atoms with Crippen LogP contribution in [0.25, 0.3) is 5.52 Å². The number of aliphatic carboxylic acids is 1. The van der Waals surface area contributed by atoms with Gasteiger partial charge in [-0.15, -0.1) is 0 Å². The van der Waals surface area contributed by atoms with Gasteiger partial charge in [0.15, 0.2) is 0 Å². The summed E-state index contributed by atoms with van der Waals surface area (Å²) in [6.07, 6.45) is 4.00. The Kier molecular flexibility index (Phi) is 4.09. The normalized spacial score (nSPS) is 13.1. The lowest BCUT2D eigenvalue weighted by atomic mass is 10.1. The molecule has 0 aromatic carbocycles. The van der Waals surface area contributed by atoms with Crippen LogP contribution >= 0.6 is 11.8 Å². The molecule has 1 N–H and O–H groups in total. The standard InChI is InChI=1S/C13H17N3O2S/c1-4-11(13(17)18)19-12-10-7-9(8(2)3)15-16(10)6-5-14-12/h5-8,11H,4H2,1-3H3,(H,17,18). The van der Waals surface area contributed by atoms with E-state index in [1.54, 1.807) is 16.9 Å². The zero-order chi connectivity index (χ0) is 14.0. The first-order chi connectivity index (χ1) is 9.02. The monoisotopic (exact) mass is 279 g/mol. The maximum Gasteiger partial charge on any atom is 0.317 e. The number of thioether (sulfide) groups is 1. The van der Waals surface area contributed by atoms with Crippen molar-refractivity contribution in [3.8, 4) is 0 Å². The average Bonchev–Trinajstić information content (AvgIpc) is 2.80. The molecule has 6 heteroatoms. The van der Waals surface area contributed by atoms with Gasteiger partial charge in [0, 0.05) is 12.4 Å². The summed E-state index contributed by atoms with van der Waals surface area (Å²) in [6, 6.07) is 1.98. The van der Waals surface area contributed by atoms with E-state index < -0.39 is 11.2 Å². The van der Waals surface area contributed by atoms with E-state index in [1.807, 2.05) is 13.0 Å². The van der Waals surface area contributed by atoms with Crippen LogP contribution in [-0.4, -0.2) is 30.9 Å². The van der Waals surface area contributed by atoms with E-state index in [-0.39, 0.29) is 0 Å². The Balaban J connectivity index is 2.40. The van der Waals surface area contributed by atoms with Crippen LogP contribution in [0.1, 0.15) is 38.8 Å². The van der Waals surface area contributed by atoms with E-state index in [1.165, 1.54) is 11.8 Å². The maximum atomic E-state index is 11.1. The van der Waals surface area contributed by atoms with E-state index in [9.17, 15) is 4.79 Å². The molecule has 2 rings (SSSR count). The molecule has 1 atom stereocenters. The summed E-state index contributed by atoms with van der Waals surface area (Å²) in [4.78, 5) is 15.4. The van der Waals surface area contributed by atoms with Crippen LogP contribution in [-0.2, 0) is 4.79 Å². The van der Waals surface area contributed by atoms with Crippen LogP contribution < -0.4 is 0 Å². The van der Waals surface area contributed by atoms with Gasteiger partial charge in [0.25, 0.3) is 0 Å². The van der Waals surface area contributed by atoms with Crippen molar-refractivity contribution < 1.29 is 9.90 Å². The fraction of sp³-hybridized carbons (Fsp3) is 0.462. The number of hydrogen-bond donors (Lipinski definition) is 1. The second-order valence-corrected chi connectivity index (χ2v) is 5.83. The number of carbonyl (C=O) groups is 1. The van der Waals surface area contributed by atoms with Gasteiger partial charge in [0.2, 0.25) is 0 Å². The van der Waals surface area contributed by atoms with Gasteiger partial charge in [-0.3, -0.25) is 4.79 Å². The molecule has 0 aliphatic heterocycles. The maximum absolute atomic E-state index is 11.1. The molecule has 0 radical (unpaired) electrons. The fourth-order valence-corrected chi connectivity index (χ4v) is 2.66. The third kappa shape index (κ3) is 2.89. The molecule has 0 aliphatic rings. The van der Waals surface area contributed by atoms with Crippen LogP contribution in [0.4, 0.5) is 0 Å². The molecule has 0 saturated heterocycles. The third-order valence-electron chi connectivity index (χ3n) is 2.87. The van der Waals surface area contributed by atoms with Crippen molar-refractivity contribution in [2.24, 2.45) is 0 Å². The zero-order valence-electron chi connectivity index (χ0n) is 11.2. The van der Waals surface area contributed by atoms with E-state index in [0.29, 0.717) is 12.3 Å². The topological polar surface area (TPSA) is 67.5 Å². The predicted molar refractivity (Wildman–Crippen MR) is 74.6 cm³/mol. The van der Waals surface area contributed by atoms with Crippen molar-refractivity contribution in [3.63, 3.8) is 0 Å². The van der Waals surface area contributed by atoms with Gasteiger partial charge < -0.3 is 5.11 Å². The summed E-state index contributed by atoms with van der Waals surface area (Å²) in [6.45, 7) is 6.02. The van der Waals surface area contributed by atoms with E-state index >= 15 is 0 Å². The van der Waals surface area contributed by atoms with Gasteiger partial charge in [-0.1, -0.05) is 32.5 Å². The van der Waals surface area contributed by atoms with Crippen LogP contribution in [0.5, 0.6) is 0 Å². The minimum absolute atomic E-state index is 0.333. The molecule has 2 aromatic heterocycles. The summed E-state index contributed by atoms with van der Waals surface area (Å²) < 4.78 is 1.76. The summed E-state index contributed by atoms with van der Waals surface area (Å²) in [7, 11) is 0. The Bertz CT molecular complexity index is 595. The van der Waals surface area contributed by atoms with Crippen molar-refractivity contribution in [1.29, 1.82) is 0 Å². The lowest BCUT2D eigenvalue weighted by Crippen LogP contribution is -2.15.